The van der Waals surface area contributed by atoms with Gasteiger partial charge in [0.15, 0.2) is 0 Å². The van der Waals surface area contributed by atoms with Crippen LogP contribution in [0, 0.1) is 0 Å². The molecule has 0 aliphatic carbocycles. The van der Waals surface area contributed by atoms with Crippen LogP contribution in [-0.4, -0.2) is 56.5 Å². The minimum atomic E-state index is -0.161. The summed E-state index contributed by atoms with van der Waals surface area (Å²) in [6.45, 7) is 5.66. The number of rotatable bonds is 6. The Labute approximate surface area is 137 Å². The third kappa shape index (κ3) is 5.00. The number of nitrogens with one attached hydrogen (secondary N) is 3. The van der Waals surface area contributed by atoms with E-state index >= 15 is 0 Å². The Morgan fingerprint density at radius 1 is 1.22 bits per heavy atom. The summed E-state index contributed by atoms with van der Waals surface area (Å²) in [6, 6.07) is 10.2. The molecule has 0 saturated carbocycles. The SMILES string of the molecule is O=C1CC(c2ccccc2)NC(NCCCN2CCOCC2)N1. The summed E-state index contributed by atoms with van der Waals surface area (Å²) >= 11 is 0. The lowest BCUT2D eigenvalue weighted by Gasteiger charge is -2.33. The van der Waals surface area contributed by atoms with E-state index in [-0.39, 0.29) is 18.2 Å². The summed E-state index contributed by atoms with van der Waals surface area (Å²) in [6.07, 6.45) is 1.38. The smallest absolute Gasteiger partial charge is 0.224 e. The number of hydrogen-bond acceptors (Lipinski definition) is 5. The Morgan fingerprint density at radius 2 is 2.00 bits per heavy atom. The van der Waals surface area contributed by atoms with Gasteiger partial charge in [-0.1, -0.05) is 30.3 Å². The Hall–Kier alpha value is -1.47. The second-order valence-corrected chi connectivity index (χ2v) is 6.10. The lowest BCUT2D eigenvalue weighted by molar-refractivity contribution is -0.124. The van der Waals surface area contributed by atoms with Gasteiger partial charge in [-0.3, -0.25) is 20.3 Å². The van der Waals surface area contributed by atoms with Crippen LogP contribution in [0.1, 0.15) is 24.4 Å². The first-order chi connectivity index (χ1) is 11.3. The highest BCUT2D eigenvalue weighted by Gasteiger charge is 2.26. The van der Waals surface area contributed by atoms with Gasteiger partial charge in [0.25, 0.3) is 0 Å². The van der Waals surface area contributed by atoms with Crippen molar-refractivity contribution in [2.45, 2.75) is 25.2 Å². The maximum Gasteiger partial charge on any atom is 0.224 e. The topological polar surface area (TPSA) is 65.6 Å². The average Bonchev–Trinajstić information content (AvgIpc) is 2.60. The molecule has 0 spiro atoms. The first-order valence-corrected chi connectivity index (χ1v) is 8.45. The minimum Gasteiger partial charge on any atom is -0.379 e. The van der Waals surface area contributed by atoms with Gasteiger partial charge in [-0.2, -0.15) is 0 Å². The van der Waals surface area contributed by atoms with Crippen LogP contribution in [0.15, 0.2) is 30.3 Å². The number of morpholine rings is 1. The van der Waals surface area contributed by atoms with E-state index in [1.165, 1.54) is 0 Å². The van der Waals surface area contributed by atoms with Crippen molar-refractivity contribution >= 4 is 5.91 Å². The fourth-order valence-corrected chi connectivity index (χ4v) is 3.09. The van der Waals surface area contributed by atoms with Gasteiger partial charge in [0.05, 0.1) is 13.2 Å². The van der Waals surface area contributed by atoms with Crippen LogP contribution in [0.2, 0.25) is 0 Å². The number of hydrogen-bond donors (Lipinski definition) is 3. The fourth-order valence-electron chi connectivity index (χ4n) is 3.09. The van der Waals surface area contributed by atoms with Crippen molar-refractivity contribution in [3.05, 3.63) is 35.9 Å². The summed E-state index contributed by atoms with van der Waals surface area (Å²) < 4.78 is 5.35. The van der Waals surface area contributed by atoms with Gasteiger partial charge >= 0.3 is 0 Å². The Balaban J connectivity index is 1.41. The molecule has 0 bridgehead atoms. The summed E-state index contributed by atoms with van der Waals surface area (Å²) in [5.41, 5.74) is 1.16. The number of carbonyl (C=O) groups is 1. The molecular formula is C17H26N4O2. The maximum atomic E-state index is 11.9. The van der Waals surface area contributed by atoms with Crippen LogP contribution in [0.5, 0.6) is 0 Å². The molecule has 2 saturated heterocycles. The van der Waals surface area contributed by atoms with E-state index in [0.717, 1.165) is 51.4 Å². The molecule has 2 unspecified atom stereocenters. The first-order valence-electron chi connectivity index (χ1n) is 8.45. The number of nitrogens with zero attached hydrogens (tertiary/aromatic N) is 1. The van der Waals surface area contributed by atoms with E-state index in [1.807, 2.05) is 18.2 Å². The average molecular weight is 318 g/mol. The van der Waals surface area contributed by atoms with Gasteiger partial charge < -0.3 is 10.1 Å². The monoisotopic (exact) mass is 318 g/mol. The van der Waals surface area contributed by atoms with Gasteiger partial charge in [0.1, 0.15) is 6.29 Å². The van der Waals surface area contributed by atoms with E-state index < -0.39 is 0 Å². The van der Waals surface area contributed by atoms with Crippen LogP contribution in [0.25, 0.3) is 0 Å². The predicted octanol–water partition coefficient (Wildman–Crippen LogP) is 0.433. The lowest BCUT2D eigenvalue weighted by atomic mass is 10.0. The highest BCUT2D eigenvalue weighted by atomic mass is 16.5. The van der Waals surface area contributed by atoms with Gasteiger partial charge in [-0.05, 0) is 25.1 Å². The zero-order chi connectivity index (χ0) is 15.9. The second-order valence-electron chi connectivity index (χ2n) is 6.10. The van der Waals surface area contributed by atoms with Crippen molar-refractivity contribution in [1.29, 1.82) is 0 Å². The quantitative estimate of drug-likeness (QED) is 0.664. The van der Waals surface area contributed by atoms with Crippen molar-refractivity contribution < 1.29 is 9.53 Å². The maximum absolute atomic E-state index is 11.9. The van der Waals surface area contributed by atoms with Crippen molar-refractivity contribution in [2.24, 2.45) is 0 Å². The molecule has 23 heavy (non-hydrogen) atoms. The molecule has 2 heterocycles. The highest BCUT2D eigenvalue weighted by molar-refractivity contribution is 5.77. The van der Waals surface area contributed by atoms with Crippen molar-refractivity contribution in [3.8, 4) is 0 Å². The molecule has 6 nitrogen and oxygen atoms in total. The number of benzene rings is 1. The number of ether oxygens (including phenoxy) is 1. The Morgan fingerprint density at radius 3 is 2.78 bits per heavy atom. The van der Waals surface area contributed by atoms with Crippen LogP contribution < -0.4 is 16.0 Å². The molecule has 0 aromatic heterocycles. The third-order valence-corrected chi connectivity index (χ3v) is 4.37. The molecule has 6 heteroatoms. The van der Waals surface area contributed by atoms with Crippen LogP contribution >= 0.6 is 0 Å². The molecule has 2 aliphatic heterocycles. The standard InChI is InChI=1S/C17H26N4O2/c22-16-13-15(14-5-2-1-3-6-14)19-17(20-16)18-7-4-8-21-9-11-23-12-10-21/h1-3,5-6,15,17-19H,4,7-13H2,(H,20,22). The molecule has 2 fully saturated rings. The minimum absolute atomic E-state index is 0.0710. The number of amides is 1. The van der Waals surface area contributed by atoms with Gasteiger partial charge in [-0.25, -0.2) is 0 Å². The predicted molar refractivity (Wildman–Crippen MR) is 88.7 cm³/mol. The van der Waals surface area contributed by atoms with E-state index in [2.05, 4.69) is 33.0 Å². The largest absolute Gasteiger partial charge is 0.379 e. The molecule has 126 valence electrons. The summed E-state index contributed by atoms with van der Waals surface area (Å²) in [5.74, 6) is 0.0864. The summed E-state index contributed by atoms with van der Waals surface area (Å²) in [5, 5.41) is 9.81. The van der Waals surface area contributed by atoms with E-state index in [0.29, 0.717) is 6.42 Å². The normalized spacial score (nSPS) is 26.0. The first kappa shape index (κ1) is 16.4. The van der Waals surface area contributed by atoms with Crippen LogP contribution in [0.3, 0.4) is 0 Å². The number of carbonyl (C=O) groups excluding carboxylic acids is 1. The van der Waals surface area contributed by atoms with Gasteiger partial charge in [0.2, 0.25) is 5.91 Å². The molecule has 2 aliphatic rings. The van der Waals surface area contributed by atoms with Crippen molar-refractivity contribution in [2.75, 3.05) is 39.4 Å². The van der Waals surface area contributed by atoms with E-state index in [9.17, 15) is 4.79 Å². The van der Waals surface area contributed by atoms with Crippen LogP contribution in [-0.2, 0) is 9.53 Å². The van der Waals surface area contributed by atoms with E-state index in [4.69, 9.17) is 4.74 Å². The van der Waals surface area contributed by atoms with Crippen molar-refractivity contribution in [1.82, 2.24) is 20.9 Å². The summed E-state index contributed by atoms with van der Waals surface area (Å²) in [7, 11) is 0. The molecule has 1 aromatic carbocycles. The molecule has 3 rings (SSSR count). The zero-order valence-electron chi connectivity index (χ0n) is 13.5. The zero-order valence-corrected chi connectivity index (χ0v) is 13.5. The van der Waals surface area contributed by atoms with Crippen molar-refractivity contribution in [3.63, 3.8) is 0 Å². The fraction of sp³-hybridized carbons (Fsp3) is 0.588. The van der Waals surface area contributed by atoms with Gasteiger partial charge in [0, 0.05) is 25.6 Å². The van der Waals surface area contributed by atoms with Crippen LogP contribution in [0.4, 0.5) is 0 Å². The summed E-state index contributed by atoms with van der Waals surface area (Å²) in [4.78, 5) is 14.3. The third-order valence-electron chi connectivity index (χ3n) is 4.37. The highest BCUT2D eigenvalue weighted by Crippen LogP contribution is 2.19. The Kier molecular flexibility index (Phi) is 5.99. The van der Waals surface area contributed by atoms with Gasteiger partial charge in [-0.15, -0.1) is 0 Å². The lowest BCUT2D eigenvalue weighted by Crippen LogP contribution is -2.60. The second kappa shape index (κ2) is 8.40. The molecule has 1 aromatic rings. The molecule has 1 amide bonds. The molecule has 2 atom stereocenters. The molecular weight excluding hydrogens is 292 g/mol. The van der Waals surface area contributed by atoms with E-state index in [1.54, 1.807) is 0 Å². The Bertz CT molecular complexity index is 491. The molecule has 3 N–H and O–H groups in total. The molecule has 0 radical (unpaired) electrons.